The average Bonchev–Trinajstić information content (AvgIpc) is 2.37. The maximum absolute atomic E-state index is 5.71. The molecule has 0 heterocycles. The first-order valence-corrected chi connectivity index (χ1v) is 5.74. The summed E-state index contributed by atoms with van der Waals surface area (Å²) in [7, 11) is 0. The summed E-state index contributed by atoms with van der Waals surface area (Å²) in [5.74, 6) is 6.28. The summed E-state index contributed by atoms with van der Waals surface area (Å²) in [5.41, 5.74) is 9.76. The Morgan fingerprint density at radius 3 is 2.24 bits per heavy atom. The molecule has 0 amide bonds. The molecule has 2 aromatic rings. The Morgan fingerprint density at radius 1 is 0.941 bits per heavy atom. The Morgan fingerprint density at radius 2 is 1.59 bits per heavy atom. The monoisotopic (exact) mass is 221 g/mol. The molecular weight excluding hydrogens is 206 g/mol. The Bertz CT molecular complexity index is 573. The molecule has 0 unspecified atom stereocenters. The molecule has 2 N–H and O–H groups in total. The number of anilines is 1. The first-order chi connectivity index (χ1) is 8.28. The van der Waals surface area contributed by atoms with Crippen LogP contribution in [0.2, 0.25) is 0 Å². The number of nitrogen functional groups attached to an aromatic ring is 1. The fraction of sp³-hybridized carbons (Fsp3) is 0.125. The molecule has 1 nitrogen and oxygen atoms in total. The van der Waals surface area contributed by atoms with Crippen LogP contribution in [0.15, 0.2) is 48.5 Å². The lowest BCUT2D eigenvalue weighted by molar-refractivity contribution is 1.14. The summed E-state index contributed by atoms with van der Waals surface area (Å²) >= 11 is 0. The molecule has 0 aromatic heterocycles. The molecule has 0 saturated heterocycles. The van der Waals surface area contributed by atoms with Crippen molar-refractivity contribution >= 4 is 5.69 Å². The molecule has 84 valence electrons. The van der Waals surface area contributed by atoms with Gasteiger partial charge >= 0.3 is 0 Å². The molecule has 0 saturated carbocycles. The molecular formula is C16H15N. The van der Waals surface area contributed by atoms with Gasteiger partial charge in [-0.15, -0.1) is 0 Å². The summed E-state index contributed by atoms with van der Waals surface area (Å²) < 4.78 is 0. The predicted molar refractivity (Wildman–Crippen MR) is 72.7 cm³/mol. The van der Waals surface area contributed by atoms with Crippen molar-refractivity contribution in [2.45, 2.75) is 13.3 Å². The van der Waals surface area contributed by atoms with Crippen molar-refractivity contribution < 1.29 is 0 Å². The van der Waals surface area contributed by atoms with Crippen molar-refractivity contribution in [2.75, 3.05) is 5.73 Å². The number of nitrogens with two attached hydrogens (primary N) is 1. The fourth-order valence-corrected chi connectivity index (χ4v) is 1.63. The SMILES string of the molecule is CCc1cccc(C#Cc2cccc(N)c2)c1. The molecule has 0 aliphatic heterocycles. The molecule has 0 bridgehead atoms. The first-order valence-electron chi connectivity index (χ1n) is 5.74. The van der Waals surface area contributed by atoms with Gasteiger partial charge in [-0.25, -0.2) is 0 Å². The number of aryl methyl sites for hydroxylation is 1. The van der Waals surface area contributed by atoms with Crippen LogP contribution in [0.3, 0.4) is 0 Å². The highest BCUT2D eigenvalue weighted by Crippen LogP contribution is 2.07. The zero-order chi connectivity index (χ0) is 12.1. The van der Waals surface area contributed by atoms with Crippen molar-refractivity contribution in [3.63, 3.8) is 0 Å². The van der Waals surface area contributed by atoms with Crippen molar-refractivity contribution in [1.29, 1.82) is 0 Å². The van der Waals surface area contributed by atoms with E-state index in [2.05, 4.69) is 30.9 Å². The Labute approximate surface area is 102 Å². The van der Waals surface area contributed by atoms with Gasteiger partial charge in [0.2, 0.25) is 0 Å². The van der Waals surface area contributed by atoms with E-state index in [9.17, 15) is 0 Å². The third kappa shape index (κ3) is 3.12. The van der Waals surface area contributed by atoms with E-state index in [0.717, 1.165) is 23.2 Å². The predicted octanol–water partition coefficient (Wildman–Crippen LogP) is 3.23. The van der Waals surface area contributed by atoms with Gasteiger partial charge in [-0.3, -0.25) is 0 Å². The second-order valence-corrected chi connectivity index (χ2v) is 3.93. The Hall–Kier alpha value is -2.20. The van der Waals surface area contributed by atoms with Crippen LogP contribution in [0.4, 0.5) is 5.69 Å². The summed E-state index contributed by atoms with van der Waals surface area (Å²) in [6.45, 7) is 2.14. The number of rotatable bonds is 1. The van der Waals surface area contributed by atoms with Crippen molar-refractivity contribution in [3.8, 4) is 11.8 Å². The lowest BCUT2D eigenvalue weighted by Gasteiger charge is -1.96. The molecule has 0 atom stereocenters. The largest absolute Gasteiger partial charge is 0.399 e. The van der Waals surface area contributed by atoms with Gasteiger partial charge in [0.1, 0.15) is 0 Å². The Balaban J connectivity index is 2.26. The first kappa shape index (κ1) is 11.3. The molecule has 0 fully saturated rings. The van der Waals surface area contributed by atoms with E-state index in [0.29, 0.717) is 0 Å². The summed E-state index contributed by atoms with van der Waals surface area (Å²) in [6, 6.07) is 15.9. The minimum absolute atomic E-state index is 0.749. The summed E-state index contributed by atoms with van der Waals surface area (Å²) in [4.78, 5) is 0. The minimum atomic E-state index is 0.749. The van der Waals surface area contributed by atoms with Gasteiger partial charge in [-0.05, 0) is 42.3 Å². The van der Waals surface area contributed by atoms with Gasteiger partial charge in [0.25, 0.3) is 0 Å². The van der Waals surface area contributed by atoms with Gasteiger partial charge in [-0.2, -0.15) is 0 Å². The van der Waals surface area contributed by atoms with Crippen LogP contribution < -0.4 is 5.73 Å². The van der Waals surface area contributed by atoms with Gasteiger partial charge in [0.15, 0.2) is 0 Å². The van der Waals surface area contributed by atoms with Crippen molar-refractivity contribution in [3.05, 3.63) is 65.2 Å². The molecule has 2 aromatic carbocycles. The minimum Gasteiger partial charge on any atom is -0.399 e. The molecule has 17 heavy (non-hydrogen) atoms. The van der Waals surface area contributed by atoms with Crippen LogP contribution in [0, 0.1) is 11.8 Å². The highest BCUT2D eigenvalue weighted by Gasteiger charge is 1.91. The number of hydrogen-bond acceptors (Lipinski definition) is 1. The smallest absolute Gasteiger partial charge is 0.0326 e. The number of benzene rings is 2. The molecule has 0 aliphatic rings. The van der Waals surface area contributed by atoms with Crippen LogP contribution in [0.25, 0.3) is 0 Å². The molecule has 0 spiro atoms. The average molecular weight is 221 g/mol. The van der Waals surface area contributed by atoms with Gasteiger partial charge in [-0.1, -0.05) is 37.0 Å². The van der Waals surface area contributed by atoms with E-state index >= 15 is 0 Å². The summed E-state index contributed by atoms with van der Waals surface area (Å²) in [5, 5.41) is 0. The van der Waals surface area contributed by atoms with E-state index in [1.54, 1.807) is 0 Å². The maximum atomic E-state index is 5.71. The molecule has 0 radical (unpaired) electrons. The van der Waals surface area contributed by atoms with Crippen LogP contribution >= 0.6 is 0 Å². The van der Waals surface area contributed by atoms with Crippen molar-refractivity contribution in [1.82, 2.24) is 0 Å². The third-order valence-corrected chi connectivity index (χ3v) is 2.57. The quantitative estimate of drug-likeness (QED) is 0.580. The highest BCUT2D eigenvalue weighted by atomic mass is 14.5. The lowest BCUT2D eigenvalue weighted by atomic mass is 10.1. The zero-order valence-corrected chi connectivity index (χ0v) is 9.90. The lowest BCUT2D eigenvalue weighted by Crippen LogP contribution is -1.85. The fourth-order valence-electron chi connectivity index (χ4n) is 1.63. The normalized spacial score (nSPS) is 9.47. The van der Waals surface area contributed by atoms with Crippen LogP contribution in [-0.2, 0) is 6.42 Å². The van der Waals surface area contributed by atoms with E-state index in [1.807, 2.05) is 36.4 Å². The van der Waals surface area contributed by atoms with E-state index in [-0.39, 0.29) is 0 Å². The maximum Gasteiger partial charge on any atom is 0.0326 e. The van der Waals surface area contributed by atoms with Crippen LogP contribution in [0.5, 0.6) is 0 Å². The van der Waals surface area contributed by atoms with E-state index in [4.69, 9.17) is 5.73 Å². The van der Waals surface area contributed by atoms with E-state index < -0.39 is 0 Å². The second-order valence-electron chi connectivity index (χ2n) is 3.93. The molecule has 0 aliphatic carbocycles. The van der Waals surface area contributed by atoms with Crippen LogP contribution in [0.1, 0.15) is 23.6 Å². The van der Waals surface area contributed by atoms with Gasteiger partial charge in [0, 0.05) is 16.8 Å². The third-order valence-electron chi connectivity index (χ3n) is 2.57. The van der Waals surface area contributed by atoms with Gasteiger partial charge < -0.3 is 5.73 Å². The van der Waals surface area contributed by atoms with E-state index in [1.165, 1.54) is 5.56 Å². The molecule has 2 rings (SSSR count). The second kappa shape index (κ2) is 5.23. The van der Waals surface area contributed by atoms with Crippen molar-refractivity contribution in [2.24, 2.45) is 0 Å². The highest BCUT2D eigenvalue weighted by molar-refractivity contribution is 5.49. The standard InChI is InChI=1S/C16H15N/c1-2-13-5-3-6-14(11-13)9-10-15-7-4-8-16(17)12-15/h3-8,11-12H,2,17H2,1H3. The van der Waals surface area contributed by atoms with Crippen LogP contribution in [-0.4, -0.2) is 0 Å². The molecule has 1 heteroatoms. The Kier molecular flexibility index (Phi) is 3.47. The topological polar surface area (TPSA) is 26.0 Å². The zero-order valence-electron chi connectivity index (χ0n) is 9.90. The van der Waals surface area contributed by atoms with Gasteiger partial charge in [0.05, 0.1) is 0 Å². The summed E-state index contributed by atoms with van der Waals surface area (Å²) in [6.07, 6.45) is 1.04. The number of hydrogen-bond donors (Lipinski definition) is 1.